The molecule has 0 radical (unpaired) electrons. The molecule has 1 aromatic rings. The Morgan fingerprint density at radius 3 is 2.57 bits per heavy atom. The second kappa shape index (κ2) is 5.80. The predicted molar refractivity (Wildman–Crippen MR) is 83.1 cm³/mol. The first-order chi connectivity index (χ1) is 10.1. The van der Waals surface area contributed by atoms with Crippen molar-refractivity contribution >= 4 is 5.97 Å². The van der Waals surface area contributed by atoms with Crippen molar-refractivity contribution in [2.75, 3.05) is 0 Å². The van der Waals surface area contributed by atoms with Crippen molar-refractivity contribution in [3.05, 3.63) is 35.4 Å². The van der Waals surface area contributed by atoms with Crippen molar-refractivity contribution in [3.63, 3.8) is 0 Å². The Kier molecular flexibility index (Phi) is 4.03. The van der Waals surface area contributed by atoms with Crippen molar-refractivity contribution in [3.8, 4) is 0 Å². The van der Waals surface area contributed by atoms with E-state index >= 15 is 0 Å². The number of fused-ring (bicyclic) bond motifs is 1. The lowest BCUT2D eigenvalue weighted by Gasteiger charge is -2.45. The van der Waals surface area contributed by atoms with Gasteiger partial charge in [-0.05, 0) is 48.6 Å². The van der Waals surface area contributed by atoms with Gasteiger partial charge in [0.1, 0.15) is 6.04 Å². The van der Waals surface area contributed by atoms with Gasteiger partial charge in [0.05, 0.1) is 0 Å². The monoisotopic (exact) mass is 287 g/mol. The van der Waals surface area contributed by atoms with E-state index in [-0.39, 0.29) is 6.04 Å². The fraction of sp³-hybridized carbons (Fsp3) is 0.611. The molecule has 1 aromatic carbocycles. The van der Waals surface area contributed by atoms with Crippen LogP contribution in [0.15, 0.2) is 24.3 Å². The first-order valence-corrected chi connectivity index (χ1v) is 8.11. The van der Waals surface area contributed by atoms with Gasteiger partial charge in [-0.1, -0.05) is 38.1 Å². The molecule has 3 heteroatoms. The lowest BCUT2D eigenvalue weighted by molar-refractivity contribution is -0.146. The zero-order chi connectivity index (χ0) is 15.0. The smallest absolute Gasteiger partial charge is 0.321 e. The first-order valence-electron chi connectivity index (χ1n) is 8.11. The molecular weight excluding hydrogens is 262 g/mol. The van der Waals surface area contributed by atoms with Crippen molar-refractivity contribution < 1.29 is 9.90 Å². The normalized spacial score (nSPS) is 33.4. The van der Waals surface area contributed by atoms with Crippen LogP contribution in [0.5, 0.6) is 0 Å². The Hall–Kier alpha value is -1.35. The van der Waals surface area contributed by atoms with Crippen LogP contribution in [0, 0.1) is 11.8 Å². The molecule has 3 rings (SSSR count). The Labute approximate surface area is 127 Å². The summed E-state index contributed by atoms with van der Waals surface area (Å²) in [5.74, 6) is 0.688. The third kappa shape index (κ3) is 2.84. The highest BCUT2D eigenvalue weighted by molar-refractivity contribution is 5.74. The van der Waals surface area contributed by atoms with Crippen LogP contribution in [-0.2, 0) is 17.8 Å². The van der Waals surface area contributed by atoms with Gasteiger partial charge in [-0.2, -0.15) is 0 Å². The lowest BCUT2D eigenvalue weighted by Crippen LogP contribution is -2.53. The Balaban J connectivity index is 1.87. The number of hydrogen-bond donors (Lipinski definition) is 1. The molecule has 0 amide bonds. The van der Waals surface area contributed by atoms with Crippen molar-refractivity contribution in [2.24, 2.45) is 11.8 Å². The second-order valence-corrected chi connectivity index (χ2v) is 6.96. The molecule has 1 heterocycles. The minimum absolute atomic E-state index is 0.360. The van der Waals surface area contributed by atoms with Gasteiger partial charge in [0.25, 0.3) is 0 Å². The zero-order valence-electron chi connectivity index (χ0n) is 13.0. The quantitative estimate of drug-likeness (QED) is 0.907. The summed E-state index contributed by atoms with van der Waals surface area (Å²) in [6, 6.07) is 8.35. The SMILES string of the molecule is CC1CCC(N2Cc3ccccc3CC2C(=O)O)C(C)C1. The van der Waals surface area contributed by atoms with Crippen LogP contribution in [0.2, 0.25) is 0 Å². The van der Waals surface area contributed by atoms with E-state index in [0.717, 1.165) is 18.9 Å². The highest BCUT2D eigenvalue weighted by atomic mass is 16.4. The number of rotatable bonds is 2. The van der Waals surface area contributed by atoms with Gasteiger partial charge in [0.2, 0.25) is 0 Å². The second-order valence-electron chi connectivity index (χ2n) is 6.96. The van der Waals surface area contributed by atoms with Gasteiger partial charge in [-0.25, -0.2) is 0 Å². The molecule has 0 saturated heterocycles. The van der Waals surface area contributed by atoms with Crippen LogP contribution < -0.4 is 0 Å². The van der Waals surface area contributed by atoms with Crippen molar-refractivity contribution in [1.82, 2.24) is 4.90 Å². The average molecular weight is 287 g/mol. The fourth-order valence-corrected chi connectivity index (χ4v) is 4.26. The summed E-state index contributed by atoms with van der Waals surface area (Å²) in [6.45, 7) is 5.39. The van der Waals surface area contributed by atoms with E-state index in [2.05, 4.69) is 36.9 Å². The van der Waals surface area contributed by atoms with Crippen LogP contribution in [0.25, 0.3) is 0 Å². The molecule has 0 spiro atoms. The average Bonchev–Trinajstić information content (AvgIpc) is 2.46. The molecular formula is C18H25NO2. The standard InChI is InChI=1S/C18H25NO2/c1-12-7-8-16(13(2)9-12)19-11-15-6-4-3-5-14(15)10-17(19)18(20)21/h3-6,12-13,16-17H,7-11H2,1-2H3,(H,20,21). The van der Waals surface area contributed by atoms with Gasteiger partial charge in [-0.15, -0.1) is 0 Å². The van der Waals surface area contributed by atoms with Crippen LogP contribution in [0.3, 0.4) is 0 Å². The molecule has 4 unspecified atom stereocenters. The largest absolute Gasteiger partial charge is 0.480 e. The molecule has 1 saturated carbocycles. The minimum Gasteiger partial charge on any atom is -0.480 e. The summed E-state index contributed by atoms with van der Waals surface area (Å²) in [4.78, 5) is 14.0. The molecule has 4 atom stereocenters. The Bertz CT molecular complexity index is 528. The molecule has 21 heavy (non-hydrogen) atoms. The Morgan fingerprint density at radius 2 is 1.90 bits per heavy atom. The molecule has 1 aliphatic carbocycles. The zero-order valence-corrected chi connectivity index (χ0v) is 13.0. The third-order valence-corrected chi connectivity index (χ3v) is 5.38. The fourth-order valence-electron chi connectivity index (χ4n) is 4.26. The number of aliphatic carboxylic acids is 1. The van der Waals surface area contributed by atoms with E-state index in [9.17, 15) is 9.90 Å². The van der Waals surface area contributed by atoms with Gasteiger partial charge >= 0.3 is 5.97 Å². The summed E-state index contributed by atoms with van der Waals surface area (Å²) in [6.07, 6.45) is 4.22. The maximum Gasteiger partial charge on any atom is 0.321 e. The minimum atomic E-state index is -0.671. The maximum absolute atomic E-state index is 11.7. The van der Waals surface area contributed by atoms with Gasteiger partial charge in [-0.3, -0.25) is 9.69 Å². The molecule has 3 nitrogen and oxygen atoms in total. The maximum atomic E-state index is 11.7. The number of benzene rings is 1. The molecule has 0 aromatic heterocycles. The van der Waals surface area contributed by atoms with E-state index in [4.69, 9.17) is 0 Å². The highest BCUT2D eigenvalue weighted by Crippen LogP contribution is 2.36. The van der Waals surface area contributed by atoms with E-state index in [1.54, 1.807) is 0 Å². The van der Waals surface area contributed by atoms with Gasteiger partial charge in [0, 0.05) is 12.6 Å². The summed E-state index contributed by atoms with van der Waals surface area (Å²) < 4.78 is 0. The number of carboxylic acid groups (broad SMARTS) is 1. The molecule has 1 fully saturated rings. The predicted octanol–water partition coefficient (Wildman–Crippen LogP) is 3.32. The van der Waals surface area contributed by atoms with Crippen LogP contribution in [0.1, 0.15) is 44.2 Å². The van der Waals surface area contributed by atoms with Crippen LogP contribution in [-0.4, -0.2) is 28.1 Å². The summed E-state index contributed by atoms with van der Waals surface area (Å²) >= 11 is 0. The summed E-state index contributed by atoms with van der Waals surface area (Å²) in [5, 5.41) is 9.66. The van der Waals surface area contributed by atoms with Crippen molar-refractivity contribution in [2.45, 2.75) is 58.2 Å². The number of carboxylic acids is 1. The van der Waals surface area contributed by atoms with Gasteiger partial charge < -0.3 is 5.11 Å². The van der Waals surface area contributed by atoms with Crippen LogP contribution >= 0.6 is 0 Å². The number of hydrogen-bond acceptors (Lipinski definition) is 2. The summed E-state index contributed by atoms with van der Waals surface area (Å²) in [7, 11) is 0. The van der Waals surface area contributed by atoms with Gasteiger partial charge in [0.15, 0.2) is 0 Å². The topological polar surface area (TPSA) is 40.5 Å². The molecule has 114 valence electrons. The van der Waals surface area contributed by atoms with Crippen molar-refractivity contribution in [1.29, 1.82) is 0 Å². The van der Waals surface area contributed by atoms with E-state index in [0.29, 0.717) is 18.4 Å². The van der Waals surface area contributed by atoms with E-state index < -0.39 is 5.97 Å². The molecule has 0 bridgehead atoms. The highest BCUT2D eigenvalue weighted by Gasteiger charge is 2.39. The third-order valence-electron chi connectivity index (χ3n) is 5.38. The Morgan fingerprint density at radius 1 is 1.19 bits per heavy atom. The molecule has 1 N–H and O–H groups in total. The van der Waals surface area contributed by atoms with Crippen LogP contribution in [0.4, 0.5) is 0 Å². The molecule has 2 aliphatic rings. The first kappa shape index (κ1) is 14.6. The van der Waals surface area contributed by atoms with E-state index in [1.807, 2.05) is 6.07 Å². The van der Waals surface area contributed by atoms with E-state index in [1.165, 1.54) is 24.0 Å². The summed E-state index contributed by atoms with van der Waals surface area (Å²) in [5.41, 5.74) is 2.51. The number of nitrogens with zero attached hydrogens (tertiary/aromatic N) is 1. The number of carbonyl (C=O) groups is 1. The molecule has 1 aliphatic heterocycles. The lowest BCUT2D eigenvalue weighted by atomic mass is 9.77.